The number of nitrogens with zero attached hydrogens (tertiary/aromatic N) is 5. The molecule has 0 bridgehead atoms. The number of hydrogen-bond acceptors (Lipinski definition) is 7. The van der Waals surface area contributed by atoms with Gasteiger partial charge in [0, 0.05) is 44.4 Å². The minimum atomic E-state index is -4.83. The lowest BCUT2D eigenvalue weighted by atomic mass is 10.1. The topological polar surface area (TPSA) is 130 Å². The molecule has 2 aliphatic rings. The monoisotopic (exact) mass is 561 g/mol. The molecule has 10 nitrogen and oxygen atoms in total. The molecule has 0 spiro atoms. The average molecular weight is 561 g/mol. The summed E-state index contributed by atoms with van der Waals surface area (Å²) in [5.74, 6) is -1.31. The predicted octanol–water partition coefficient (Wildman–Crippen LogP) is 2.70. The molecule has 2 atom stereocenters. The van der Waals surface area contributed by atoms with E-state index < -0.39 is 35.0 Å². The smallest absolute Gasteiger partial charge is 0.379 e. The van der Waals surface area contributed by atoms with Crippen molar-refractivity contribution >= 4 is 24.0 Å². The Morgan fingerprint density at radius 1 is 1.05 bits per heavy atom. The number of alkyl halides is 6. The highest BCUT2D eigenvalue weighted by molar-refractivity contribution is 6.02. The average Bonchev–Trinajstić information content (AvgIpc) is 3.56. The Labute approximate surface area is 218 Å². The highest BCUT2D eigenvalue weighted by Gasteiger charge is 2.45. The number of anilines is 1. The zero-order valence-electron chi connectivity index (χ0n) is 20.4. The Kier molecular flexibility index (Phi) is 7.86. The van der Waals surface area contributed by atoms with Gasteiger partial charge in [0.05, 0.1) is 54.1 Å². The van der Waals surface area contributed by atoms with Crippen LogP contribution in [0.1, 0.15) is 46.4 Å². The van der Waals surface area contributed by atoms with Gasteiger partial charge in [-0.1, -0.05) is 0 Å². The third-order valence-corrected chi connectivity index (χ3v) is 6.86. The first kappa shape index (κ1) is 28.3. The number of carbonyl (C=O) groups excluding carboxylic acids is 2. The molecule has 2 aromatic heterocycles. The van der Waals surface area contributed by atoms with E-state index in [1.807, 2.05) is 4.90 Å². The van der Waals surface area contributed by atoms with E-state index in [0.717, 1.165) is 17.0 Å². The number of primary amides is 1. The summed E-state index contributed by atoms with van der Waals surface area (Å²) >= 11 is 0. The lowest BCUT2D eigenvalue weighted by Gasteiger charge is -2.25. The zero-order chi connectivity index (χ0) is 28.5. The van der Waals surface area contributed by atoms with E-state index in [2.05, 4.69) is 9.97 Å². The normalized spacial score (nSPS) is 19.4. The van der Waals surface area contributed by atoms with Crippen molar-refractivity contribution in [2.45, 2.75) is 50.2 Å². The van der Waals surface area contributed by atoms with Gasteiger partial charge in [0.2, 0.25) is 11.9 Å². The van der Waals surface area contributed by atoms with Crippen LogP contribution in [0.2, 0.25) is 0 Å². The Bertz CT molecular complexity index is 1230. The van der Waals surface area contributed by atoms with Crippen molar-refractivity contribution in [1.29, 1.82) is 5.41 Å². The molecule has 0 radical (unpaired) electrons. The Morgan fingerprint density at radius 2 is 1.72 bits per heavy atom. The van der Waals surface area contributed by atoms with Crippen molar-refractivity contribution in [3.05, 3.63) is 41.0 Å². The summed E-state index contributed by atoms with van der Waals surface area (Å²) in [5.41, 5.74) is 1.83. The summed E-state index contributed by atoms with van der Waals surface area (Å²) < 4.78 is 84.7. The summed E-state index contributed by atoms with van der Waals surface area (Å²) in [6.07, 6.45) is -5.35. The number of fused-ring (bicyclic) bond motifs is 1. The van der Waals surface area contributed by atoms with Crippen LogP contribution in [-0.2, 0) is 28.4 Å². The van der Waals surface area contributed by atoms with Crippen molar-refractivity contribution in [2.75, 3.05) is 31.2 Å². The van der Waals surface area contributed by atoms with E-state index in [0.29, 0.717) is 38.3 Å². The van der Waals surface area contributed by atoms with Gasteiger partial charge >= 0.3 is 12.4 Å². The largest absolute Gasteiger partial charge is 0.419 e. The molecule has 2 amide bonds. The first-order chi connectivity index (χ1) is 18.3. The number of likely N-dealkylation sites (tertiary alicyclic amines) is 1. The number of hydrogen-bond donors (Lipinski definition) is 2. The Balaban J connectivity index is 1.28. The van der Waals surface area contributed by atoms with Crippen molar-refractivity contribution in [2.24, 2.45) is 5.73 Å². The third-order valence-electron chi connectivity index (χ3n) is 6.86. The number of halogens is 6. The van der Waals surface area contributed by atoms with Crippen LogP contribution >= 0.6 is 0 Å². The molecule has 39 heavy (non-hydrogen) atoms. The highest BCUT2D eigenvalue weighted by Crippen LogP contribution is 2.36. The third kappa shape index (κ3) is 5.84. The van der Waals surface area contributed by atoms with Gasteiger partial charge in [0.25, 0.3) is 5.91 Å². The van der Waals surface area contributed by atoms with Crippen LogP contribution in [-0.4, -0.2) is 75.9 Å². The molecule has 3 N–H and O–H groups in total. The number of nitrogens with one attached hydrogen (secondary N) is 1. The van der Waals surface area contributed by atoms with Crippen LogP contribution in [0.3, 0.4) is 0 Å². The predicted molar refractivity (Wildman–Crippen MR) is 124 cm³/mol. The first-order valence-electron chi connectivity index (χ1n) is 12.0. The molecule has 0 saturated carbocycles. The number of carbonyl (C=O) groups is 2. The SMILES string of the molecule is N=Cc1c(C(N)=O)c(C(F)(F)F)cn1CCOCCC(=O)N1CC[C@@H]2[C@H]1CCN2c1ncc(C(F)(F)F)cn1. The molecule has 2 aromatic rings. The lowest BCUT2D eigenvalue weighted by Crippen LogP contribution is -2.40. The fourth-order valence-electron chi connectivity index (χ4n) is 5.11. The van der Waals surface area contributed by atoms with Gasteiger partial charge in [-0.25, -0.2) is 9.97 Å². The Hall–Kier alpha value is -3.69. The number of aromatic nitrogens is 3. The fourth-order valence-corrected chi connectivity index (χ4v) is 5.11. The molecular weight excluding hydrogens is 536 g/mol. The summed E-state index contributed by atoms with van der Waals surface area (Å²) in [7, 11) is 0. The van der Waals surface area contributed by atoms with Gasteiger partial charge in [-0.15, -0.1) is 0 Å². The number of rotatable bonds is 9. The van der Waals surface area contributed by atoms with Crippen LogP contribution in [0, 0.1) is 5.41 Å². The molecule has 2 saturated heterocycles. The van der Waals surface area contributed by atoms with E-state index in [1.165, 1.54) is 0 Å². The van der Waals surface area contributed by atoms with E-state index >= 15 is 0 Å². The van der Waals surface area contributed by atoms with Crippen LogP contribution in [0.4, 0.5) is 32.3 Å². The van der Waals surface area contributed by atoms with Crippen LogP contribution in [0.5, 0.6) is 0 Å². The highest BCUT2D eigenvalue weighted by atomic mass is 19.4. The maximum atomic E-state index is 13.3. The van der Waals surface area contributed by atoms with Gasteiger partial charge in [-0.3, -0.25) is 9.59 Å². The van der Waals surface area contributed by atoms with Gasteiger partial charge in [0.1, 0.15) is 0 Å². The van der Waals surface area contributed by atoms with E-state index in [-0.39, 0.29) is 55.8 Å². The molecule has 0 aromatic carbocycles. The van der Waals surface area contributed by atoms with Crippen molar-refractivity contribution < 1.29 is 40.7 Å². The fraction of sp³-hybridized carbons (Fsp3) is 0.522. The minimum Gasteiger partial charge on any atom is -0.379 e. The second-order valence-electron chi connectivity index (χ2n) is 9.13. The molecule has 2 fully saturated rings. The van der Waals surface area contributed by atoms with Crippen molar-refractivity contribution in [1.82, 2.24) is 19.4 Å². The summed E-state index contributed by atoms with van der Waals surface area (Å²) in [4.78, 5) is 35.6. The van der Waals surface area contributed by atoms with Gasteiger partial charge in [0.15, 0.2) is 0 Å². The molecular formula is C23H25F6N7O3. The number of amides is 2. The quantitative estimate of drug-likeness (QED) is 0.275. The molecule has 4 heterocycles. The second-order valence-corrected chi connectivity index (χ2v) is 9.13. The lowest BCUT2D eigenvalue weighted by molar-refractivity contribution is -0.138. The van der Waals surface area contributed by atoms with Gasteiger partial charge < -0.3 is 30.2 Å². The van der Waals surface area contributed by atoms with Crippen LogP contribution in [0.25, 0.3) is 0 Å². The second kappa shape index (κ2) is 10.8. The number of nitrogens with two attached hydrogens (primary N) is 1. The molecule has 0 unspecified atom stereocenters. The molecule has 16 heteroatoms. The van der Waals surface area contributed by atoms with Crippen molar-refractivity contribution in [3.63, 3.8) is 0 Å². The molecule has 0 aliphatic carbocycles. The van der Waals surface area contributed by atoms with Crippen molar-refractivity contribution in [3.8, 4) is 0 Å². The molecule has 212 valence electrons. The van der Waals surface area contributed by atoms with Gasteiger partial charge in [-0.05, 0) is 12.8 Å². The standard InChI is InChI=1S/C23H25F6N7O3/c24-22(25,26)13-10-32-21(33-11-13)36-5-2-15-16(36)1-4-35(15)18(37)3-7-39-8-6-34-12-14(23(27,28)29)19(20(31)38)17(34)9-30/h9-12,15-16,30H,1-8H2,(H2,31,38)/t15-,16-/m1/s1. The zero-order valence-corrected chi connectivity index (χ0v) is 20.4. The summed E-state index contributed by atoms with van der Waals surface area (Å²) in [6.45, 7) is 0.748. The number of ether oxygens (including phenoxy) is 1. The van der Waals surface area contributed by atoms with E-state index in [9.17, 15) is 35.9 Å². The Morgan fingerprint density at radius 3 is 2.31 bits per heavy atom. The minimum absolute atomic E-state index is 0.00551. The summed E-state index contributed by atoms with van der Waals surface area (Å²) in [5, 5.41) is 7.40. The van der Waals surface area contributed by atoms with E-state index in [1.54, 1.807) is 4.90 Å². The van der Waals surface area contributed by atoms with E-state index in [4.69, 9.17) is 15.9 Å². The van der Waals surface area contributed by atoms with Crippen LogP contribution in [0.15, 0.2) is 18.6 Å². The molecule has 2 aliphatic heterocycles. The summed E-state index contributed by atoms with van der Waals surface area (Å²) in [6, 6.07) is -0.270. The first-order valence-corrected chi connectivity index (χ1v) is 12.0. The van der Waals surface area contributed by atoms with Gasteiger partial charge in [-0.2, -0.15) is 26.3 Å². The van der Waals surface area contributed by atoms with Crippen LogP contribution < -0.4 is 10.6 Å². The maximum Gasteiger partial charge on any atom is 0.419 e. The maximum absolute atomic E-state index is 13.3. The molecule has 4 rings (SSSR count).